The zero-order valence-corrected chi connectivity index (χ0v) is 11.8. The van der Waals surface area contributed by atoms with Gasteiger partial charge in [0.15, 0.2) is 11.5 Å². The van der Waals surface area contributed by atoms with Crippen molar-refractivity contribution in [2.24, 2.45) is 11.8 Å². The van der Waals surface area contributed by atoms with Crippen molar-refractivity contribution in [2.45, 2.75) is 52.9 Å². The Kier molecular flexibility index (Phi) is 6.03. The Morgan fingerprint density at radius 2 is 1.83 bits per heavy atom. The molecule has 18 heavy (non-hydrogen) atoms. The zero-order chi connectivity index (χ0) is 13.5. The molecule has 0 amide bonds. The Morgan fingerprint density at radius 1 is 1.11 bits per heavy atom. The first-order chi connectivity index (χ1) is 8.58. The first-order valence-electron chi connectivity index (χ1n) is 7.08. The van der Waals surface area contributed by atoms with Crippen molar-refractivity contribution in [2.75, 3.05) is 0 Å². The molecule has 0 fully saturated rings. The number of benzene rings is 1. The van der Waals surface area contributed by atoms with Crippen LogP contribution in [0.5, 0.6) is 11.5 Å². The van der Waals surface area contributed by atoms with E-state index in [9.17, 15) is 10.2 Å². The molecule has 2 atom stereocenters. The molecule has 0 aliphatic heterocycles. The molecule has 2 unspecified atom stereocenters. The lowest BCUT2D eigenvalue weighted by atomic mass is 9.87. The van der Waals surface area contributed by atoms with E-state index in [0.29, 0.717) is 5.92 Å². The molecule has 0 radical (unpaired) electrons. The maximum Gasteiger partial charge on any atom is 0.160 e. The third-order valence-corrected chi connectivity index (χ3v) is 3.93. The quantitative estimate of drug-likeness (QED) is 0.700. The Bertz CT molecular complexity index is 360. The predicted molar refractivity (Wildman–Crippen MR) is 75.9 cm³/mol. The van der Waals surface area contributed by atoms with Gasteiger partial charge in [0.1, 0.15) is 0 Å². The zero-order valence-electron chi connectivity index (χ0n) is 11.8. The van der Waals surface area contributed by atoms with Crippen LogP contribution in [0.3, 0.4) is 0 Å². The van der Waals surface area contributed by atoms with Gasteiger partial charge in [-0.25, -0.2) is 0 Å². The Hall–Kier alpha value is -1.18. The number of para-hydroxylation sites is 1. The van der Waals surface area contributed by atoms with E-state index in [0.717, 1.165) is 24.3 Å². The lowest BCUT2D eigenvalue weighted by molar-refractivity contribution is 0.350. The lowest BCUT2D eigenvalue weighted by Crippen LogP contribution is -2.06. The molecular weight excluding hydrogens is 224 g/mol. The van der Waals surface area contributed by atoms with Crippen LogP contribution < -0.4 is 0 Å². The van der Waals surface area contributed by atoms with E-state index in [2.05, 4.69) is 20.8 Å². The first-order valence-corrected chi connectivity index (χ1v) is 7.08. The number of hydrogen-bond donors (Lipinski definition) is 2. The van der Waals surface area contributed by atoms with Crippen molar-refractivity contribution >= 4 is 0 Å². The van der Waals surface area contributed by atoms with E-state index in [4.69, 9.17) is 0 Å². The molecular formula is C16H26O2. The summed E-state index contributed by atoms with van der Waals surface area (Å²) in [6, 6.07) is 5.21. The second-order valence-electron chi connectivity index (χ2n) is 5.35. The molecule has 1 rings (SSSR count). The smallest absolute Gasteiger partial charge is 0.160 e. The van der Waals surface area contributed by atoms with Crippen LogP contribution in [0.2, 0.25) is 0 Å². The van der Waals surface area contributed by atoms with Crippen molar-refractivity contribution in [3.63, 3.8) is 0 Å². The number of phenolic OH excluding ortho intramolecular Hbond substituents is 2. The molecule has 2 heteroatoms. The van der Waals surface area contributed by atoms with Crippen LogP contribution in [-0.2, 0) is 6.42 Å². The van der Waals surface area contributed by atoms with Gasteiger partial charge in [-0.15, -0.1) is 0 Å². The molecule has 1 aromatic carbocycles. The predicted octanol–water partition coefficient (Wildman–Crippen LogP) is 4.49. The van der Waals surface area contributed by atoms with Gasteiger partial charge in [0.25, 0.3) is 0 Å². The Balaban J connectivity index is 2.54. The minimum absolute atomic E-state index is 0.0116. The number of phenols is 2. The molecule has 0 aliphatic carbocycles. The third kappa shape index (κ3) is 4.25. The van der Waals surface area contributed by atoms with Gasteiger partial charge in [-0.3, -0.25) is 0 Å². The molecule has 0 aliphatic rings. The van der Waals surface area contributed by atoms with E-state index >= 15 is 0 Å². The lowest BCUT2D eigenvalue weighted by Gasteiger charge is -2.19. The maximum atomic E-state index is 9.76. The van der Waals surface area contributed by atoms with Gasteiger partial charge in [0, 0.05) is 0 Å². The van der Waals surface area contributed by atoms with Crippen LogP contribution in [0.25, 0.3) is 0 Å². The van der Waals surface area contributed by atoms with Crippen molar-refractivity contribution in [3.05, 3.63) is 23.8 Å². The minimum atomic E-state index is -0.0116. The summed E-state index contributed by atoms with van der Waals surface area (Å²) in [4.78, 5) is 0. The summed E-state index contributed by atoms with van der Waals surface area (Å²) in [6.07, 6.45) is 5.59. The van der Waals surface area contributed by atoms with E-state index < -0.39 is 0 Å². The monoisotopic (exact) mass is 250 g/mol. The average Bonchev–Trinajstić information content (AvgIpc) is 2.38. The SMILES string of the molecule is CCC(C)CC(CC)CCc1cccc(O)c1O. The van der Waals surface area contributed by atoms with Crippen LogP contribution in [0.15, 0.2) is 18.2 Å². The average molecular weight is 250 g/mol. The standard InChI is InChI=1S/C16H26O2/c1-4-12(3)11-13(5-2)9-10-14-7-6-8-15(17)16(14)18/h6-8,12-13,17-18H,4-5,9-11H2,1-3H3. The minimum Gasteiger partial charge on any atom is -0.504 e. The van der Waals surface area contributed by atoms with E-state index in [-0.39, 0.29) is 11.5 Å². The highest BCUT2D eigenvalue weighted by Crippen LogP contribution is 2.31. The van der Waals surface area contributed by atoms with E-state index in [1.807, 2.05) is 6.07 Å². The Labute approximate surface area is 111 Å². The van der Waals surface area contributed by atoms with Crippen molar-refractivity contribution in [1.29, 1.82) is 0 Å². The fourth-order valence-electron chi connectivity index (χ4n) is 2.36. The highest BCUT2D eigenvalue weighted by atomic mass is 16.3. The van der Waals surface area contributed by atoms with Gasteiger partial charge in [0.2, 0.25) is 0 Å². The molecule has 0 heterocycles. The normalized spacial score (nSPS) is 14.4. The van der Waals surface area contributed by atoms with Gasteiger partial charge in [-0.1, -0.05) is 45.7 Å². The summed E-state index contributed by atoms with van der Waals surface area (Å²) in [5.74, 6) is 1.52. The van der Waals surface area contributed by atoms with Gasteiger partial charge < -0.3 is 10.2 Å². The summed E-state index contributed by atoms with van der Waals surface area (Å²) in [6.45, 7) is 6.77. The second kappa shape index (κ2) is 7.30. The topological polar surface area (TPSA) is 40.5 Å². The Morgan fingerprint density at radius 3 is 2.44 bits per heavy atom. The largest absolute Gasteiger partial charge is 0.504 e. The number of aryl methyl sites for hydroxylation is 1. The van der Waals surface area contributed by atoms with Gasteiger partial charge in [0.05, 0.1) is 0 Å². The molecule has 2 N–H and O–H groups in total. The molecule has 0 saturated carbocycles. The third-order valence-electron chi connectivity index (χ3n) is 3.93. The number of rotatable bonds is 7. The fourth-order valence-corrected chi connectivity index (χ4v) is 2.36. The van der Waals surface area contributed by atoms with Crippen LogP contribution in [-0.4, -0.2) is 10.2 Å². The molecule has 0 bridgehead atoms. The summed E-state index contributed by atoms with van der Waals surface area (Å²) in [7, 11) is 0. The van der Waals surface area contributed by atoms with Gasteiger partial charge >= 0.3 is 0 Å². The fraction of sp³-hybridized carbons (Fsp3) is 0.625. The number of aromatic hydroxyl groups is 2. The number of hydrogen-bond acceptors (Lipinski definition) is 2. The highest BCUT2D eigenvalue weighted by molar-refractivity contribution is 5.44. The molecule has 0 saturated heterocycles. The molecule has 2 nitrogen and oxygen atoms in total. The summed E-state index contributed by atoms with van der Waals surface area (Å²) < 4.78 is 0. The highest BCUT2D eigenvalue weighted by Gasteiger charge is 2.12. The second-order valence-corrected chi connectivity index (χ2v) is 5.35. The molecule has 1 aromatic rings. The van der Waals surface area contributed by atoms with E-state index in [1.54, 1.807) is 6.07 Å². The summed E-state index contributed by atoms with van der Waals surface area (Å²) >= 11 is 0. The van der Waals surface area contributed by atoms with Crippen molar-refractivity contribution in [3.8, 4) is 11.5 Å². The van der Waals surface area contributed by atoms with Crippen molar-refractivity contribution < 1.29 is 10.2 Å². The summed E-state index contributed by atoms with van der Waals surface area (Å²) in [5, 5.41) is 19.2. The van der Waals surface area contributed by atoms with Crippen LogP contribution in [0.1, 0.15) is 52.0 Å². The maximum absolute atomic E-state index is 9.76. The first kappa shape index (κ1) is 14.9. The molecule has 0 spiro atoms. The van der Waals surface area contributed by atoms with Gasteiger partial charge in [-0.2, -0.15) is 0 Å². The van der Waals surface area contributed by atoms with Crippen LogP contribution >= 0.6 is 0 Å². The molecule has 0 aromatic heterocycles. The van der Waals surface area contributed by atoms with Gasteiger partial charge in [-0.05, 0) is 42.7 Å². The molecule has 102 valence electrons. The van der Waals surface area contributed by atoms with E-state index in [1.165, 1.54) is 25.3 Å². The van der Waals surface area contributed by atoms with Crippen molar-refractivity contribution in [1.82, 2.24) is 0 Å². The van der Waals surface area contributed by atoms with Crippen LogP contribution in [0.4, 0.5) is 0 Å². The summed E-state index contributed by atoms with van der Waals surface area (Å²) in [5.41, 5.74) is 0.859. The van der Waals surface area contributed by atoms with Crippen LogP contribution in [0, 0.1) is 11.8 Å².